The van der Waals surface area contributed by atoms with Crippen LogP contribution in [-0.4, -0.2) is 10.2 Å². The van der Waals surface area contributed by atoms with Gasteiger partial charge in [-0.1, -0.05) is 101 Å². The fraction of sp³-hybridized carbons (Fsp3) is 0. The van der Waals surface area contributed by atoms with Crippen LogP contribution in [0.4, 0.5) is 0 Å². The fourth-order valence-corrected chi connectivity index (χ4v) is 4.57. The summed E-state index contributed by atoms with van der Waals surface area (Å²) in [5.74, 6) is 0.680. The lowest BCUT2D eigenvalue weighted by atomic mass is 10.0. The zero-order valence-electron chi connectivity index (χ0n) is 16.6. The van der Waals surface area contributed by atoms with Crippen LogP contribution in [0.25, 0.3) is 43.1 Å². The van der Waals surface area contributed by atoms with E-state index in [4.69, 9.17) is 0 Å². The molecule has 0 fully saturated rings. The standard InChI is InChI=1S/C14H9BrO.C14H10O/c15-12-7-8-13(16)14-10-4-2-1-3-9(10)5-6-11(12)14;15-13-7-3-5-11-9-8-10-4-1-2-6-12(10)14(11)13/h1-8,16H;1-9,15H. The average molecular weight is 467 g/mol. The lowest BCUT2D eigenvalue weighted by Gasteiger charge is -2.07. The Hall–Kier alpha value is -3.56. The number of aromatic hydroxyl groups is 2. The molecule has 0 amide bonds. The normalized spacial score (nSPS) is 11.0. The van der Waals surface area contributed by atoms with E-state index in [2.05, 4.69) is 40.2 Å². The highest BCUT2D eigenvalue weighted by molar-refractivity contribution is 9.10. The number of phenols is 2. The lowest BCUT2D eigenvalue weighted by molar-refractivity contribution is 0.481. The average Bonchev–Trinajstić information content (AvgIpc) is 2.81. The second kappa shape index (κ2) is 7.93. The van der Waals surface area contributed by atoms with Crippen LogP contribution < -0.4 is 0 Å². The predicted octanol–water partition coefficient (Wildman–Crippen LogP) is 8.16. The van der Waals surface area contributed by atoms with Gasteiger partial charge in [0.1, 0.15) is 11.5 Å². The van der Waals surface area contributed by atoms with Gasteiger partial charge >= 0.3 is 0 Å². The molecule has 6 rings (SSSR count). The maximum absolute atomic E-state index is 9.97. The second-order valence-corrected chi connectivity index (χ2v) is 8.29. The molecular weight excluding hydrogens is 448 g/mol. The molecular formula is C28H19BrO2. The van der Waals surface area contributed by atoms with Crippen LogP contribution in [0.1, 0.15) is 0 Å². The van der Waals surface area contributed by atoms with Crippen molar-refractivity contribution in [1.29, 1.82) is 0 Å². The van der Waals surface area contributed by atoms with E-state index in [1.54, 1.807) is 12.1 Å². The summed E-state index contributed by atoms with van der Waals surface area (Å²) in [7, 11) is 0. The Labute approximate surface area is 188 Å². The van der Waals surface area contributed by atoms with Crippen molar-refractivity contribution in [3.05, 3.63) is 108 Å². The van der Waals surface area contributed by atoms with Crippen LogP contribution in [0.5, 0.6) is 11.5 Å². The third-order valence-electron chi connectivity index (χ3n) is 5.58. The van der Waals surface area contributed by atoms with Crippen molar-refractivity contribution in [2.24, 2.45) is 0 Å². The van der Waals surface area contributed by atoms with Gasteiger partial charge in [0.15, 0.2) is 0 Å². The van der Waals surface area contributed by atoms with E-state index in [1.807, 2.05) is 66.7 Å². The summed E-state index contributed by atoms with van der Waals surface area (Å²) in [5, 5.41) is 28.3. The van der Waals surface area contributed by atoms with Gasteiger partial charge in [0.2, 0.25) is 0 Å². The van der Waals surface area contributed by atoms with Gasteiger partial charge in [0.05, 0.1) is 0 Å². The minimum Gasteiger partial charge on any atom is -0.507 e. The molecule has 0 unspecified atom stereocenters. The van der Waals surface area contributed by atoms with Crippen molar-refractivity contribution >= 4 is 59.0 Å². The van der Waals surface area contributed by atoms with Crippen LogP contribution in [-0.2, 0) is 0 Å². The molecule has 0 radical (unpaired) electrons. The first-order valence-electron chi connectivity index (χ1n) is 10.0. The smallest absolute Gasteiger partial charge is 0.124 e. The van der Waals surface area contributed by atoms with Gasteiger partial charge in [-0.2, -0.15) is 0 Å². The van der Waals surface area contributed by atoms with E-state index in [9.17, 15) is 10.2 Å². The van der Waals surface area contributed by atoms with E-state index in [0.717, 1.165) is 47.6 Å². The summed E-state index contributed by atoms with van der Waals surface area (Å²) in [6.45, 7) is 0. The molecule has 150 valence electrons. The highest BCUT2D eigenvalue weighted by Gasteiger charge is 2.07. The van der Waals surface area contributed by atoms with E-state index < -0.39 is 0 Å². The first-order valence-corrected chi connectivity index (χ1v) is 10.8. The number of hydrogen-bond acceptors (Lipinski definition) is 2. The second-order valence-electron chi connectivity index (χ2n) is 7.44. The molecule has 2 nitrogen and oxygen atoms in total. The highest BCUT2D eigenvalue weighted by Crippen LogP contribution is 2.36. The summed E-state index contributed by atoms with van der Waals surface area (Å²) in [6, 6.07) is 33.6. The lowest BCUT2D eigenvalue weighted by Crippen LogP contribution is -1.79. The minimum atomic E-state index is 0.329. The van der Waals surface area contributed by atoms with Gasteiger partial charge in [-0.15, -0.1) is 0 Å². The molecule has 3 heteroatoms. The summed E-state index contributed by atoms with van der Waals surface area (Å²) >= 11 is 3.51. The Bertz CT molecular complexity index is 1570. The van der Waals surface area contributed by atoms with Gasteiger partial charge in [0.25, 0.3) is 0 Å². The molecule has 0 saturated heterocycles. The molecule has 31 heavy (non-hydrogen) atoms. The zero-order valence-corrected chi connectivity index (χ0v) is 18.2. The molecule has 0 heterocycles. The van der Waals surface area contributed by atoms with Crippen molar-refractivity contribution in [3.8, 4) is 11.5 Å². The van der Waals surface area contributed by atoms with Gasteiger partial charge in [0, 0.05) is 20.6 Å². The van der Waals surface area contributed by atoms with E-state index in [-0.39, 0.29) is 0 Å². The molecule has 0 aliphatic carbocycles. The molecule has 0 saturated carbocycles. The largest absolute Gasteiger partial charge is 0.507 e. The Morgan fingerprint density at radius 3 is 1.71 bits per heavy atom. The third-order valence-corrected chi connectivity index (χ3v) is 6.27. The van der Waals surface area contributed by atoms with Gasteiger partial charge in [-0.05, 0) is 45.1 Å². The summed E-state index contributed by atoms with van der Waals surface area (Å²) in [4.78, 5) is 0. The topological polar surface area (TPSA) is 40.5 Å². The fourth-order valence-electron chi connectivity index (χ4n) is 4.11. The van der Waals surface area contributed by atoms with Gasteiger partial charge in [-0.25, -0.2) is 0 Å². The van der Waals surface area contributed by atoms with Crippen LogP contribution in [0.3, 0.4) is 0 Å². The molecule has 0 atom stereocenters. The molecule has 0 aliphatic heterocycles. The summed E-state index contributed by atoms with van der Waals surface area (Å²) in [5.41, 5.74) is 0. The summed E-state index contributed by atoms with van der Waals surface area (Å²) < 4.78 is 1.01. The number of benzene rings is 6. The Balaban J connectivity index is 0.000000132. The van der Waals surface area contributed by atoms with E-state index in [1.165, 1.54) is 0 Å². The molecule has 2 N–H and O–H groups in total. The molecule has 6 aromatic carbocycles. The van der Waals surface area contributed by atoms with E-state index in [0.29, 0.717) is 11.5 Å². The van der Waals surface area contributed by atoms with Crippen LogP contribution in [0.2, 0.25) is 0 Å². The van der Waals surface area contributed by atoms with Crippen molar-refractivity contribution in [2.75, 3.05) is 0 Å². The maximum atomic E-state index is 9.97. The molecule has 0 aliphatic rings. The molecule has 0 aromatic heterocycles. The van der Waals surface area contributed by atoms with Crippen LogP contribution in [0.15, 0.2) is 108 Å². The zero-order chi connectivity index (χ0) is 21.4. The van der Waals surface area contributed by atoms with Crippen molar-refractivity contribution in [2.45, 2.75) is 0 Å². The maximum Gasteiger partial charge on any atom is 0.124 e. The first kappa shape index (κ1) is 19.4. The van der Waals surface area contributed by atoms with Crippen molar-refractivity contribution < 1.29 is 10.2 Å². The molecule has 0 bridgehead atoms. The number of halogens is 1. The Kier molecular flexibility index (Phi) is 4.97. The Morgan fingerprint density at radius 2 is 0.968 bits per heavy atom. The molecule has 0 spiro atoms. The van der Waals surface area contributed by atoms with Gasteiger partial charge in [-0.3, -0.25) is 0 Å². The first-order chi connectivity index (χ1) is 15.1. The van der Waals surface area contributed by atoms with Gasteiger partial charge < -0.3 is 10.2 Å². The minimum absolute atomic E-state index is 0.329. The Morgan fingerprint density at radius 1 is 0.419 bits per heavy atom. The number of fused-ring (bicyclic) bond motifs is 6. The van der Waals surface area contributed by atoms with Crippen molar-refractivity contribution in [1.82, 2.24) is 0 Å². The number of phenolic OH excluding ortho intramolecular Hbond substituents is 2. The highest BCUT2D eigenvalue weighted by atomic mass is 79.9. The van der Waals surface area contributed by atoms with Crippen molar-refractivity contribution in [3.63, 3.8) is 0 Å². The van der Waals surface area contributed by atoms with Crippen LogP contribution >= 0.6 is 15.9 Å². The monoisotopic (exact) mass is 466 g/mol. The number of hydrogen-bond donors (Lipinski definition) is 2. The summed E-state index contributed by atoms with van der Waals surface area (Å²) in [6.07, 6.45) is 0. The quantitative estimate of drug-likeness (QED) is 0.221. The van der Waals surface area contributed by atoms with E-state index >= 15 is 0 Å². The number of rotatable bonds is 0. The van der Waals surface area contributed by atoms with Crippen LogP contribution in [0, 0.1) is 0 Å². The predicted molar refractivity (Wildman–Crippen MR) is 134 cm³/mol. The SMILES string of the molecule is Oc1ccc(Br)c2ccc3ccccc3c12.Oc1cccc2ccc3ccccc3c12. The molecule has 6 aromatic rings. The third kappa shape index (κ3) is 3.47.